The first kappa shape index (κ1) is 18.4. The molecule has 122 valence electrons. The third-order valence-electron chi connectivity index (χ3n) is 2.95. The van der Waals surface area contributed by atoms with Crippen molar-refractivity contribution in [1.29, 1.82) is 0 Å². The smallest absolute Gasteiger partial charge is 0.234 e. The molecule has 0 heterocycles. The average molecular weight is 324 g/mol. The van der Waals surface area contributed by atoms with Crippen molar-refractivity contribution in [2.24, 2.45) is 0 Å². The van der Waals surface area contributed by atoms with Crippen molar-refractivity contribution in [3.8, 4) is 5.75 Å². The van der Waals surface area contributed by atoms with Gasteiger partial charge in [0.1, 0.15) is 5.75 Å². The van der Waals surface area contributed by atoms with Gasteiger partial charge >= 0.3 is 0 Å². The number of thioether (sulfide) groups is 1. The first-order valence-electron chi connectivity index (χ1n) is 7.45. The molecule has 0 aliphatic rings. The fraction of sp³-hybridized carbons (Fsp3) is 0.500. The van der Waals surface area contributed by atoms with Crippen molar-refractivity contribution in [2.45, 2.75) is 33.2 Å². The van der Waals surface area contributed by atoms with Gasteiger partial charge in [-0.1, -0.05) is 19.1 Å². The van der Waals surface area contributed by atoms with Crippen LogP contribution in [0.4, 0.5) is 5.69 Å². The SMILES string of the molecule is CCOc1ccccc1NC(=O)CSCC(=O)NC(C)CC. The number of anilines is 1. The lowest BCUT2D eigenvalue weighted by atomic mass is 10.3. The summed E-state index contributed by atoms with van der Waals surface area (Å²) < 4.78 is 5.45. The lowest BCUT2D eigenvalue weighted by molar-refractivity contribution is -0.119. The van der Waals surface area contributed by atoms with Crippen LogP contribution in [0.3, 0.4) is 0 Å². The number of rotatable bonds is 9. The fourth-order valence-electron chi connectivity index (χ4n) is 1.69. The lowest BCUT2D eigenvalue weighted by Gasteiger charge is -2.12. The number of carbonyl (C=O) groups excluding carboxylic acids is 2. The van der Waals surface area contributed by atoms with Crippen LogP contribution >= 0.6 is 11.8 Å². The fourth-order valence-corrected chi connectivity index (χ4v) is 2.32. The summed E-state index contributed by atoms with van der Waals surface area (Å²) in [5, 5.41) is 5.67. The van der Waals surface area contributed by atoms with Crippen LogP contribution in [0.5, 0.6) is 5.75 Å². The van der Waals surface area contributed by atoms with Gasteiger partial charge in [0, 0.05) is 6.04 Å². The number of ether oxygens (including phenoxy) is 1. The highest BCUT2D eigenvalue weighted by Crippen LogP contribution is 2.23. The third kappa shape index (κ3) is 6.85. The summed E-state index contributed by atoms with van der Waals surface area (Å²) in [5.74, 6) is 0.979. The number of nitrogens with one attached hydrogen (secondary N) is 2. The second-order valence-electron chi connectivity index (χ2n) is 4.85. The quantitative estimate of drug-likeness (QED) is 0.733. The largest absolute Gasteiger partial charge is 0.492 e. The number of hydrogen-bond acceptors (Lipinski definition) is 4. The van der Waals surface area contributed by atoms with Crippen molar-refractivity contribution < 1.29 is 14.3 Å². The molecule has 0 fully saturated rings. The highest BCUT2D eigenvalue weighted by molar-refractivity contribution is 8.00. The normalized spacial score (nSPS) is 11.6. The third-order valence-corrected chi connectivity index (χ3v) is 3.88. The van der Waals surface area contributed by atoms with Crippen LogP contribution in [0, 0.1) is 0 Å². The molecule has 0 radical (unpaired) electrons. The van der Waals surface area contributed by atoms with Crippen LogP contribution in [-0.2, 0) is 9.59 Å². The van der Waals surface area contributed by atoms with E-state index in [9.17, 15) is 9.59 Å². The lowest BCUT2D eigenvalue weighted by Crippen LogP contribution is -2.33. The molecule has 0 bridgehead atoms. The van der Waals surface area contributed by atoms with Gasteiger partial charge in [-0.2, -0.15) is 0 Å². The van der Waals surface area contributed by atoms with E-state index in [0.29, 0.717) is 18.0 Å². The highest BCUT2D eigenvalue weighted by atomic mass is 32.2. The highest BCUT2D eigenvalue weighted by Gasteiger charge is 2.10. The predicted octanol–water partition coefficient (Wildman–Crippen LogP) is 2.67. The summed E-state index contributed by atoms with van der Waals surface area (Å²) in [7, 11) is 0. The molecule has 22 heavy (non-hydrogen) atoms. The minimum absolute atomic E-state index is 0.0399. The molecule has 6 heteroatoms. The molecule has 1 rings (SSSR count). The Balaban J connectivity index is 2.36. The summed E-state index contributed by atoms with van der Waals surface area (Å²) in [6.07, 6.45) is 0.894. The van der Waals surface area contributed by atoms with Gasteiger partial charge in [0.05, 0.1) is 23.8 Å². The molecule has 1 aromatic carbocycles. The Morgan fingerprint density at radius 1 is 1.18 bits per heavy atom. The Morgan fingerprint density at radius 3 is 2.55 bits per heavy atom. The number of hydrogen-bond donors (Lipinski definition) is 2. The van der Waals surface area contributed by atoms with Crippen LogP contribution in [-0.4, -0.2) is 36.0 Å². The van der Waals surface area contributed by atoms with Gasteiger partial charge in [0.2, 0.25) is 11.8 Å². The maximum Gasteiger partial charge on any atom is 0.234 e. The topological polar surface area (TPSA) is 67.4 Å². The summed E-state index contributed by atoms with van der Waals surface area (Å²) in [4.78, 5) is 23.5. The molecular formula is C16H24N2O3S. The Kier molecular flexibility index (Phi) is 8.43. The number of carbonyl (C=O) groups is 2. The molecule has 1 atom stereocenters. The predicted molar refractivity (Wildman–Crippen MR) is 91.5 cm³/mol. The van der Waals surface area contributed by atoms with Crippen LogP contribution in [0.15, 0.2) is 24.3 Å². The zero-order valence-electron chi connectivity index (χ0n) is 13.3. The van der Waals surface area contributed by atoms with E-state index in [-0.39, 0.29) is 29.4 Å². The van der Waals surface area contributed by atoms with Crippen molar-refractivity contribution in [2.75, 3.05) is 23.4 Å². The van der Waals surface area contributed by atoms with E-state index in [0.717, 1.165) is 6.42 Å². The standard InChI is InChI=1S/C16H24N2O3S/c1-4-12(3)17-15(19)10-22-11-16(20)18-13-8-6-7-9-14(13)21-5-2/h6-9,12H,4-5,10-11H2,1-3H3,(H,17,19)(H,18,20). The van der Waals surface area contributed by atoms with E-state index in [4.69, 9.17) is 4.74 Å². The van der Waals surface area contributed by atoms with Gasteiger partial charge in [-0.15, -0.1) is 11.8 Å². The van der Waals surface area contributed by atoms with Gasteiger partial charge in [-0.05, 0) is 32.4 Å². The van der Waals surface area contributed by atoms with Crippen molar-refractivity contribution in [1.82, 2.24) is 5.32 Å². The molecule has 1 aromatic rings. The summed E-state index contributed by atoms with van der Waals surface area (Å²) in [6, 6.07) is 7.47. The van der Waals surface area contributed by atoms with Gasteiger partial charge < -0.3 is 15.4 Å². The van der Waals surface area contributed by atoms with E-state index in [1.807, 2.05) is 39.0 Å². The van der Waals surface area contributed by atoms with Gasteiger partial charge in [-0.25, -0.2) is 0 Å². The molecule has 0 aromatic heterocycles. The molecule has 0 aliphatic heterocycles. The van der Waals surface area contributed by atoms with Crippen LogP contribution in [0.25, 0.3) is 0 Å². The van der Waals surface area contributed by atoms with E-state index in [1.165, 1.54) is 11.8 Å². The molecule has 0 saturated heterocycles. The summed E-state index contributed by atoms with van der Waals surface area (Å²) >= 11 is 1.30. The molecule has 1 unspecified atom stereocenters. The second kappa shape index (κ2) is 10.1. The molecule has 2 N–H and O–H groups in total. The zero-order chi connectivity index (χ0) is 16.4. The number of para-hydroxylation sites is 2. The Morgan fingerprint density at radius 2 is 1.86 bits per heavy atom. The minimum atomic E-state index is -0.145. The van der Waals surface area contributed by atoms with Gasteiger partial charge in [-0.3, -0.25) is 9.59 Å². The zero-order valence-corrected chi connectivity index (χ0v) is 14.2. The molecule has 0 aliphatic carbocycles. The summed E-state index contributed by atoms with van der Waals surface area (Å²) in [6.45, 7) is 6.41. The van der Waals surface area contributed by atoms with Gasteiger partial charge in [0.15, 0.2) is 0 Å². The molecule has 5 nitrogen and oxygen atoms in total. The van der Waals surface area contributed by atoms with E-state index >= 15 is 0 Å². The van der Waals surface area contributed by atoms with E-state index < -0.39 is 0 Å². The van der Waals surface area contributed by atoms with Crippen LogP contribution in [0.1, 0.15) is 27.2 Å². The molecule has 2 amide bonds. The second-order valence-corrected chi connectivity index (χ2v) is 5.83. The molecular weight excluding hydrogens is 300 g/mol. The van der Waals surface area contributed by atoms with Crippen molar-refractivity contribution in [3.05, 3.63) is 24.3 Å². The Bertz CT molecular complexity index is 494. The van der Waals surface area contributed by atoms with Crippen molar-refractivity contribution in [3.63, 3.8) is 0 Å². The number of amides is 2. The van der Waals surface area contributed by atoms with E-state index in [2.05, 4.69) is 10.6 Å². The van der Waals surface area contributed by atoms with Crippen LogP contribution < -0.4 is 15.4 Å². The molecule has 0 saturated carbocycles. The summed E-state index contributed by atoms with van der Waals surface area (Å²) in [5.41, 5.74) is 0.652. The van der Waals surface area contributed by atoms with E-state index in [1.54, 1.807) is 6.07 Å². The first-order chi connectivity index (χ1) is 10.6. The van der Waals surface area contributed by atoms with Crippen LogP contribution in [0.2, 0.25) is 0 Å². The van der Waals surface area contributed by atoms with Crippen molar-refractivity contribution >= 4 is 29.3 Å². The minimum Gasteiger partial charge on any atom is -0.492 e. The number of benzene rings is 1. The van der Waals surface area contributed by atoms with Gasteiger partial charge in [0.25, 0.3) is 0 Å². The first-order valence-corrected chi connectivity index (χ1v) is 8.61. The molecule has 0 spiro atoms. The Labute approximate surface area is 136 Å². The maximum absolute atomic E-state index is 11.9. The Hall–Kier alpha value is -1.69. The average Bonchev–Trinajstić information content (AvgIpc) is 2.49. The maximum atomic E-state index is 11.9. The monoisotopic (exact) mass is 324 g/mol.